The lowest BCUT2D eigenvalue weighted by Gasteiger charge is -2.31. The second kappa shape index (κ2) is 4.88. The Balaban J connectivity index is 2.33. The minimum absolute atomic E-state index is 0.612. The zero-order chi connectivity index (χ0) is 11.5. The molecule has 0 saturated heterocycles. The predicted molar refractivity (Wildman–Crippen MR) is 70.0 cm³/mol. The van der Waals surface area contributed by atoms with Crippen LogP contribution in [0.5, 0.6) is 0 Å². The lowest BCUT2D eigenvalue weighted by atomic mass is 9.98. The maximum Gasteiger partial charge on any atom is 0.0402 e. The molecule has 0 saturated carbocycles. The van der Waals surface area contributed by atoms with Crippen molar-refractivity contribution in [2.45, 2.75) is 39.3 Å². The molecule has 1 aromatic rings. The number of hydrogen-bond acceptors (Lipinski definition) is 2. The van der Waals surface area contributed by atoms with Gasteiger partial charge in [0, 0.05) is 25.3 Å². The summed E-state index contributed by atoms with van der Waals surface area (Å²) in [6.07, 6.45) is 2.35. The van der Waals surface area contributed by atoms with E-state index in [9.17, 15) is 0 Å². The highest BCUT2D eigenvalue weighted by Gasteiger charge is 2.16. The highest BCUT2D eigenvalue weighted by atomic mass is 15.1. The van der Waals surface area contributed by atoms with Crippen LogP contribution < -0.4 is 10.2 Å². The second-order valence-electron chi connectivity index (χ2n) is 4.71. The van der Waals surface area contributed by atoms with Gasteiger partial charge in [-0.3, -0.25) is 0 Å². The number of fused-ring (bicyclic) bond motifs is 1. The van der Waals surface area contributed by atoms with Crippen LogP contribution in [0.3, 0.4) is 0 Å². The van der Waals surface area contributed by atoms with Gasteiger partial charge in [-0.1, -0.05) is 19.1 Å². The number of rotatable bonds is 3. The summed E-state index contributed by atoms with van der Waals surface area (Å²) in [7, 11) is 2.21. The van der Waals surface area contributed by atoms with E-state index in [1.165, 1.54) is 17.7 Å². The Hall–Kier alpha value is -1.02. The zero-order valence-electron chi connectivity index (χ0n) is 10.6. The second-order valence-corrected chi connectivity index (χ2v) is 4.71. The third-order valence-corrected chi connectivity index (χ3v) is 3.75. The molecule has 1 aliphatic heterocycles. The van der Waals surface area contributed by atoms with Crippen LogP contribution in [0, 0.1) is 0 Å². The summed E-state index contributed by atoms with van der Waals surface area (Å²) >= 11 is 0. The first-order valence-electron chi connectivity index (χ1n) is 6.28. The van der Waals surface area contributed by atoms with Crippen LogP contribution in [0.25, 0.3) is 0 Å². The van der Waals surface area contributed by atoms with Gasteiger partial charge in [-0.2, -0.15) is 0 Å². The Morgan fingerprint density at radius 2 is 2.25 bits per heavy atom. The van der Waals surface area contributed by atoms with E-state index in [2.05, 4.69) is 49.3 Å². The molecule has 2 heteroatoms. The molecule has 1 atom stereocenters. The van der Waals surface area contributed by atoms with Crippen molar-refractivity contribution in [2.75, 3.05) is 18.5 Å². The molecule has 0 aliphatic carbocycles. The zero-order valence-corrected chi connectivity index (χ0v) is 10.6. The summed E-state index contributed by atoms with van der Waals surface area (Å²) in [5, 5.41) is 3.43. The quantitative estimate of drug-likeness (QED) is 0.839. The Bertz CT molecular complexity index is 360. The monoisotopic (exact) mass is 218 g/mol. The van der Waals surface area contributed by atoms with Gasteiger partial charge in [-0.05, 0) is 43.5 Å². The van der Waals surface area contributed by atoms with E-state index in [1.54, 1.807) is 5.56 Å². The van der Waals surface area contributed by atoms with Gasteiger partial charge < -0.3 is 10.2 Å². The van der Waals surface area contributed by atoms with Crippen molar-refractivity contribution in [2.24, 2.45) is 0 Å². The lowest BCUT2D eigenvalue weighted by Crippen LogP contribution is -2.31. The fourth-order valence-electron chi connectivity index (χ4n) is 2.35. The molecular formula is C14H22N2. The van der Waals surface area contributed by atoms with E-state index in [4.69, 9.17) is 0 Å². The number of nitrogens with zero attached hydrogens (tertiary/aromatic N) is 1. The SMILES string of the molecule is CCC(C)N(C)c1cccc2c1CCNC2. The molecule has 0 radical (unpaired) electrons. The molecule has 2 nitrogen and oxygen atoms in total. The number of hydrogen-bond donors (Lipinski definition) is 1. The molecule has 2 rings (SSSR count). The molecule has 0 fully saturated rings. The van der Waals surface area contributed by atoms with Gasteiger partial charge >= 0.3 is 0 Å². The van der Waals surface area contributed by atoms with Gasteiger partial charge in [0.05, 0.1) is 0 Å². The molecule has 0 spiro atoms. The molecule has 1 aromatic carbocycles. The summed E-state index contributed by atoms with van der Waals surface area (Å²) in [6.45, 7) is 6.68. The Morgan fingerprint density at radius 1 is 1.44 bits per heavy atom. The average Bonchev–Trinajstić information content (AvgIpc) is 2.36. The van der Waals surface area contributed by atoms with Crippen molar-refractivity contribution < 1.29 is 0 Å². The van der Waals surface area contributed by atoms with E-state index >= 15 is 0 Å². The molecule has 1 heterocycles. The summed E-state index contributed by atoms with van der Waals surface area (Å²) < 4.78 is 0. The molecule has 0 amide bonds. The highest BCUT2D eigenvalue weighted by molar-refractivity contribution is 5.57. The highest BCUT2D eigenvalue weighted by Crippen LogP contribution is 2.27. The van der Waals surface area contributed by atoms with Crippen molar-refractivity contribution in [1.82, 2.24) is 5.32 Å². The van der Waals surface area contributed by atoms with Crippen molar-refractivity contribution >= 4 is 5.69 Å². The molecule has 0 aromatic heterocycles. The van der Waals surface area contributed by atoms with Gasteiger partial charge in [0.25, 0.3) is 0 Å². The van der Waals surface area contributed by atoms with E-state index in [0.717, 1.165) is 19.5 Å². The van der Waals surface area contributed by atoms with E-state index in [1.807, 2.05) is 0 Å². The fourth-order valence-corrected chi connectivity index (χ4v) is 2.35. The molecule has 16 heavy (non-hydrogen) atoms. The van der Waals surface area contributed by atoms with Crippen molar-refractivity contribution in [1.29, 1.82) is 0 Å². The maximum atomic E-state index is 3.43. The van der Waals surface area contributed by atoms with Crippen LogP contribution in [-0.2, 0) is 13.0 Å². The van der Waals surface area contributed by atoms with Gasteiger partial charge in [-0.15, -0.1) is 0 Å². The minimum atomic E-state index is 0.612. The van der Waals surface area contributed by atoms with Crippen molar-refractivity contribution in [3.05, 3.63) is 29.3 Å². The standard InChI is InChI=1S/C14H22N2/c1-4-11(2)16(3)14-7-5-6-12-10-15-9-8-13(12)14/h5-7,11,15H,4,8-10H2,1-3H3. The van der Waals surface area contributed by atoms with Gasteiger partial charge in [0.2, 0.25) is 0 Å². The van der Waals surface area contributed by atoms with Gasteiger partial charge in [0.15, 0.2) is 0 Å². The van der Waals surface area contributed by atoms with Crippen LogP contribution in [0.4, 0.5) is 5.69 Å². The molecule has 88 valence electrons. The first-order valence-corrected chi connectivity index (χ1v) is 6.28. The molecule has 1 unspecified atom stereocenters. The Morgan fingerprint density at radius 3 is 3.00 bits per heavy atom. The molecule has 1 aliphatic rings. The molecular weight excluding hydrogens is 196 g/mol. The van der Waals surface area contributed by atoms with Crippen LogP contribution >= 0.6 is 0 Å². The summed E-state index contributed by atoms with van der Waals surface area (Å²) in [6, 6.07) is 7.30. The summed E-state index contributed by atoms with van der Waals surface area (Å²) in [5.74, 6) is 0. The molecule has 1 N–H and O–H groups in total. The number of anilines is 1. The van der Waals surface area contributed by atoms with E-state index in [-0.39, 0.29) is 0 Å². The first kappa shape index (κ1) is 11.5. The topological polar surface area (TPSA) is 15.3 Å². The van der Waals surface area contributed by atoms with Gasteiger partial charge in [0.1, 0.15) is 0 Å². The van der Waals surface area contributed by atoms with E-state index in [0.29, 0.717) is 6.04 Å². The predicted octanol–water partition coefficient (Wildman–Crippen LogP) is 2.57. The van der Waals surface area contributed by atoms with Gasteiger partial charge in [-0.25, -0.2) is 0 Å². The van der Waals surface area contributed by atoms with Crippen LogP contribution in [0.1, 0.15) is 31.4 Å². The summed E-state index contributed by atoms with van der Waals surface area (Å²) in [4.78, 5) is 2.42. The van der Waals surface area contributed by atoms with E-state index < -0.39 is 0 Å². The minimum Gasteiger partial charge on any atom is -0.372 e. The smallest absolute Gasteiger partial charge is 0.0402 e. The maximum absolute atomic E-state index is 3.43. The average molecular weight is 218 g/mol. The number of nitrogens with one attached hydrogen (secondary N) is 1. The van der Waals surface area contributed by atoms with Crippen molar-refractivity contribution in [3.8, 4) is 0 Å². The first-order chi connectivity index (χ1) is 7.74. The molecule has 0 bridgehead atoms. The number of benzene rings is 1. The van der Waals surface area contributed by atoms with Crippen LogP contribution in [-0.4, -0.2) is 19.6 Å². The van der Waals surface area contributed by atoms with Crippen molar-refractivity contribution in [3.63, 3.8) is 0 Å². The lowest BCUT2D eigenvalue weighted by molar-refractivity contribution is 0.628. The summed E-state index contributed by atoms with van der Waals surface area (Å²) in [5.41, 5.74) is 4.44. The third-order valence-electron chi connectivity index (χ3n) is 3.75. The van der Waals surface area contributed by atoms with Crippen LogP contribution in [0.15, 0.2) is 18.2 Å². The Kier molecular flexibility index (Phi) is 3.49. The normalized spacial score (nSPS) is 16.7. The van der Waals surface area contributed by atoms with Crippen LogP contribution in [0.2, 0.25) is 0 Å². The Labute approximate surface area is 98.7 Å². The fraction of sp³-hybridized carbons (Fsp3) is 0.571. The third kappa shape index (κ3) is 2.07. The largest absolute Gasteiger partial charge is 0.372 e.